The number of carbonyl (C=O) groups excluding carboxylic acids is 1. The van der Waals surface area contributed by atoms with E-state index in [2.05, 4.69) is 18.6 Å². The number of sulfonamides is 1. The highest BCUT2D eigenvalue weighted by Gasteiger charge is 2.24. The van der Waals surface area contributed by atoms with E-state index in [1.54, 1.807) is 39.0 Å². The third-order valence-corrected chi connectivity index (χ3v) is 6.90. The predicted octanol–water partition coefficient (Wildman–Crippen LogP) is 6.38. The SMILES string of the molecule is Cc1oc2c(cc(NS(=O)(=O)c3ccc(C(C)C)cc3)c3ccccc32)c1C(=O)OC(C)C. The molecule has 1 aromatic heterocycles. The number of anilines is 1. The fraction of sp³-hybridized carbons (Fsp3) is 0.269. The third-order valence-electron chi connectivity index (χ3n) is 5.52. The van der Waals surface area contributed by atoms with Crippen LogP contribution in [0.2, 0.25) is 0 Å². The molecule has 1 N–H and O–H groups in total. The molecule has 0 aliphatic heterocycles. The molecule has 33 heavy (non-hydrogen) atoms. The summed E-state index contributed by atoms with van der Waals surface area (Å²) in [5, 5.41) is 1.88. The van der Waals surface area contributed by atoms with Crippen LogP contribution in [0, 0.1) is 6.92 Å². The van der Waals surface area contributed by atoms with Gasteiger partial charge in [-0.2, -0.15) is 0 Å². The number of esters is 1. The summed E-state index contributed by atoms with van der Waals surface area (Å²) >= 11 is 0. The van der Waals surface area contributed by atoms with Crippen LogP contribution in [-0.2, 0) is 14.8 Å². The highest BCUT2D eigenvalue weighted by molar-refractivity contribution is 7.92. The van der Waals surface area contributed by atoms with Crippen LogP contribution in [0.5, 0.6) is 0 Å². The predicted molar refractivity (Wildman–Crippen MR) is 130 cm³/mol. The third kappa shape index (κ3) is 4.33. The minimum atomic E-state index is -3.86. The van der Waals surface area contributed by atoms with Crippen LogP contribution in [0.3, 0.4) is 0 Å². The van der Waals surface area contributed by atoms with Crippen molar-refractivity contribution in [3.05, 3.63) is 71.5 Å². The van der Waals surface area contributed by atoms with Crippen molar-refractivity contribution in [1.29, 1.82) is 0 Å². The van der Waals surface area contributed by atoms with Crippen molar-refractivity contribution in [2.45, 2.75) is 51.5 Å². The van der Waals surface area contributed by atoms with E-state index in [9.17, 15) is 13.2 Å². The van der Waals surface area contributed by atoms with Crippen LogP contribution >= 0.6 is 0 Å². The zero-order valence-electron chi connectivity index (χ0n) is 19.3. The first-order chi connectivity index (χ1) is 15.6. The van der Waals surface area contributed by atoms with Crippen molar-refractivity contribution in [2.75, 3.05) is 4.72 Å². The lowest BCUT2D eigenvalue weighted by atomic mass is 10.0. The summed E-state index contributed by atoms with van der Waals surface area (Å²) in [6, 6.07) is 15.8. The van der Waals surface area contributed by atoms with E-state index in [1.807, 2.05) is 36.4 Å². The highest BCUT2D eigenvalue weighted by Crippen LogP contribution is 2.37. The summed E-state index contributed by atoms with van der Waals surface area (Å²) in [6.45, 7) is 9.35. The minimum absolute atomic E-state index is 0.166. The molecule has 0 aliphatic carbocycles. The van der Waals surface area contributed by atoms with Crippen LogP contribution in [0.25, 0.3) is 21.7 Å². The van der Waals surface area contributed by atoms with Crippen molar-refractivity contribution < 1.29 is 22.4 Å². The lowest BCUT2D eigenvalue weighted by molar-refractivity contribution is 0.0378. The summed E-state index contributed by atoms with van der Waals surface area (Å²) in [5.41, 5.74) is 2.24. The number of rotatable bonds is 6. The van der Waals surface area contributed by atoms with Gasteiger partial charge in [0.05, 0.1) is 16.7 Å². The number of fused-ring (bicyclic) bond motifs is 3. The van der Waals surface area contributed by atoms with Gasteiger partial charge in [-0.25, -0.2) is 13.2 Å². The largest absolute Gasteiger partial charge is 0.460 e. The first-order valence-electron chi connectivity index (χ1n) is 10.9. The molecule has 4 rings (SSSR count). The standard InChI is InChI=1S/C26H27NO5S/c1-15(2)18-10-12-19(13-11-18)33(29,30)27-23-14-22-24(26(28)31-16(3)4)17(5)32-25(22)21-9-7-6-8-20(21)23/h6-16,27H,1-5H3. The second-order valence-electron chi connectivity index (χ2n) is 8.66. The minimum Gasteiger partial charge on any atom is -0.460 e. The Bertz CT molecular complexity index is 1450. The van der Waals surface area contributed by atoms with Gasteiger partial charge in [-0.3, -0.25) is 4.72 Å². The number of hydrogen-bond donors (Lipinski definition) is 1. The Hall–Kier alpha value is -3.32. The molecule has 0 aliphatic rings. The fourth-order valence-corrected chi connectivity index (χ4v) is 4.96. The second-order valence-corrected chi connectivity index (χ2v) is 10.3. The number of furan rings is 1. The van der Waals surface area contributed by atoms with Crippen molar-refractivity contribution in [1.82, 2.24) is 0 Å². The Balaban J connectivity index is 1.86. The Morgan fingerprint density at radius 2 is 1.58 bits per heavy atom. The number of aryl methyl sites for hydroxylation is 1. The average Bonchev–Trinajstić information content (AvgIpc) is 3.09. The molecule has 3 aromatic carbocycles. The number of ether oxygens (including phenoxy) is 1. The van der Waals surface area contributed by atoms with Gasteiger partial charge in [-0.05, 0) is 50.5 Å². The van der Waals surface area contributed by atoms with Crippen LogP contribution < -0.4 is 4.72 Å². The van der Waals surface area contributed by atoms with E-state index >= 15 is 0 Å². The van der Waals surface area contributed by atoms with E-state index in [1.165, 1.54) is 0 Å². The number of nitrogens with one attached hydrogen (secondary N) is 1. The normalized spacial score (nSPS) is 12.1. The van der Waals surface area contributed by atoms with Crippen LogP contribution in [0.15, 0.2) is 63.9 Å². The molecule has 0 spiro atoms. The van der Waals surface area contributed by atoms with Crippen LogP contribution in [-0.4, -0.2) is 20.5 Å². The first kappa shape index (κ1) is 22.9. The molecule has 1 heterocycles. The van der Waals surface area contributed by atoms with Gasteiger partial charge in [0.15, 0.2) is 0 Å². The Kier molecular flexibility index (Phi) is 5.93. The summed E-state index contributed by atoms with van der Waals surface area (Å²) in [5.74, 6) is 0.217. The quantitative estimate of drug-likeness (QED) is 0.334. The van der Waals surface area contributed by atoms with E-state index in [4.69, 9.17) is 9.15 Å². The summed E-state index contributed by atoms with van der Waals surface area (Å²) < 4.78 is 40.5. The lowest BCUT2D eigenvalue weighted by Gasteiger charge is -2.13. The fourth-order valence-electron chi connectivity index (χ4n) is 3.88. The van der Waals surface area contributed by atoms with E-state index in [-0.39, 0.29) is 11.0 Å². The van der Waals surface area contributed by atoms with Crippen molar-refractivity contribution in [3.63, 3.8) is 0 Å². The van der Waals surface area contributed by atoms with E-state index < -0.39 is 16.0 Å². The average molecular weight is 466 g/mol. The first-order valence-corrected chi connectivity index (χ1v) is 12.4. The zero-order chi connectivity index (χ0) is 23.9. The van der Waals surface area contributed by atoms with Crippen molar-refractivity contribution in [2.24, 2.45) is 0 Å². The van der Waals surface area contributed by atoms with Gasteiger partial charge in [0.2, 0.25) is 0 Å². The lowest BCUT2D eigenvalue weighted by Crippen LogP contribution is -2.14. The van der Waals surface area contributed by atoms with Crippen molar-refractivity contribution in [3.8, 4) is 0 Å². The maximum Gasteiger partial charge on any atom is 0.342 e. The number of benzene rings is 3. The molecule has 0 radical (unpaired) electrons. The molecule has 7 heteroatoms. The highest BCUT2D eigenvalue weighted by atomic mass is 32.2. The van der Waals surface area contributed by atoms with Gasteiger partial charge in [0.1, 0.15) is 16.9 Å². The van der Waals surface area contributed by atoms with Crippen LogP contribution in [0.4, 0.5) is 5.69 Å². The second kappa shape index (κ2) is 8.56. The molecule has 0 bridgehead atoms. The Morgan fingerprint density at radius 1 is 0.939 bits per heavy atom. The molecule has 0 atom stereocenters. The zero-order valence-corrected chi connectivity index (χ0v) is 20.1. The molecule has 6 nitrogen and oxygen atoms in total. The molecular formula is C26H27NO5S. The summed E-state index contributed by atoms with van der Waals surface area (Å²) in [4.78, 5) is 12.9. The van der Waals surface area contributed by atoms with E-state index in [0.717, 1.165) is 5.56 Å². The number of carbonyl (C=O) groups is 1. The van der Waals surface area contributed by atoms with Gasteiger partial charge in [-0.15, -0.1) is 0 Å². The van der Waals surface area contributed by atoms with Gasteiger partial charge in [-0.1, -0.05) is 50.2 Å². The molecule has 0 saturated heterocycles. The molecule has 0 saturated carbocycles. The molecule has 0 unspecified atom stereocenters. The van der Waals surface area contributed by atoms with Gasteiger partial charge in [0.25, 0.3) is 10.0 Å². The van der Waals surface area contributed by atoms with Crippen LogP contribution in [0.1, 0.15) is 55.3 Å². The molecule has 172 valence electrons. The van der Waals surface area contributed by atoms with Gasteiger partial charge in [0, 0.05) is 16.2 Å². The van der Waals surface area contributed by atoms with Gasteiger partial charge >= 0.3 is 5.97 Å². The Labute approximate surface area is 193 Å². The molecule has 4 aromatic rings. The van der Waals surface area contributed by atoms with Gasteiger partial charge < -0.3 is 9.15 Å². The maximum absolute atomic E-state index is 13.2. The summed E-state index contributed by atoms with van der Waals surface area (Å²) in [7, 11) is -3.86. The molecule has 0 amide bonds. The van der Waals surface area contributed by atoms with Crippen molar-refractivity contribution >= 4 is 43.4 Å². The molecular weight excluding hydrogens is 438 g/mol. The molecule has 0 fully saturated rings. The number of hydrogen-bond acceptors (Lipinski definition) is 5. The summed E-state index contributed by atoms with van der Waals surface area (Å²) in [6.07, 6.45) is -0.297. The Morgan fingerprint density at radius 3 is 2.18 bits per heavy atom. The maximum atomic E-state index is 13.2. The topological polar surface area (TPSA) is 85.6 Å². The van der Waals surface area contributed by atoms with E-state index in [0.29, 0.717) is 44.7 Å². The smallest absolute Gasteiger partial charge is 0.342 e. The monoisotopic (exact) mass is 465 g/mol.